The Hall–Kier alpha value is -3.28. The van der Waals surface area contributed by atoms with Crippen molar-refractivity contribution in [3.05, 3.63) is 54.2 Å². The van der Waals surface area contributed by atoms with Crippen molar-refractivity contribution in [2.75, 3.05) is 19.5 Å². The van der Waals surface area contributed by atoms with Gasteiger partial charge in [-0.3, -0.25) is 0 Å². The molecule has 4 rings (SSSR count). The van der Waals surface area contributed by atoms with Crippen molar-refractivity contribution in [3.63, 3.8) is 0 Å². The van der Waals surface area contributed by atoms with Crippen LogP contribution in [-0.2, 0) is 0 Å². The predicted molar refractivity (Wildman–Crippen MR) is 117 cm³/mol. The lowest BCUT2D eigenvalue weighted by Crippen LogP contribution is -1.96. The Bertz CT molecular complexity index is 1200. The van der Waals surface area contributed by atoms with Crippen LogP contribution < -0.4 is 14.8 Å². The maximum absolute atomic E-state index is 8.79. The number of thioether (sulfide) groups is 1. The second-order valence-electron chi connectivity index (χ2n) is 5.96. The maximum Gasteiger partial charge on any atom is 0.161 e. The van der Waals surface area contributed by atoms with E-state index in [9.17, 15) is 0 Å². The highest BCUT2D eigenvalue weighted by atomic mass is 32.2. The minimum atomic E-state index is 0.668. The van der Waals surface area contributed by atoms with Gasteiger partial charge in [-0.05, 0) is 53.7 Å². The van der Waals surface area contributed by atoms with Gasteiger partial charge in [0.25, 0.3) is 0 Å². The highest BCUT2D eigenvalue weighted by Crippen LogP contribution is 2.40. The van der Waals surface area contributed by atoms with Gasteiger partial charge in [-0.15, -0.1) is 11.3 Å². The molecule has 2 aromatic carbocycles. The average molecular weight is 421 g/mol. The average Bonchev–Trinajstić information content (AvgIpc) is 3.20. The first-order chi connectivity index (χ1) is 14.2. The third kappa shape index (κ3) is 3.83. The summed E-state index contributed by atoms with van der Waals surface area (Å²) in [6.45, 7) is 0. The molecule has 0 amide bonds. The Kier molecular flexibility index (Phi) is 5.51. The van der Waals surface area contributed by atoms with Gasteiger partial charge in [-0.1, -0.05) is 6.07 Å². The lowest BCUT2D eigenvalue weighted by Gasteiger charge is -2.11. The molecule has 144 valence electrons. The fourth-order valence-corrected chi connectivity index (χ4v) is 4.28. The molecule has 0 aliphatic heterocycles. The maximum atomic E-state index is 8.79. The Morgan fingerprint density at radius 3 is 2.55 bits per heavy atom. The van der Waals surface area contributed by atoms with Crippen LogP contribution in [0.3, 0.4) is 0 Å². The molecule has 0 saturated heterocycles. The van der Waals surface area contributed by atoms with Crippen LogP contribution in [-0.4, -0.2) is 24.2 Å². The molecule has 2 heterocycles. The third-order valence-electron chi connectivity index (χ3n) is 4.35. The number of anilines is 2. The number of hydrogen-bond acceptors (Lipinski definition) is 8. The molecule has 0 aliphatic rings. The summed E-state index contributed by atoms with van der Waals surface area (Å²) in [5.74, 6) is 2.07. The van der Waals surface area contributed by atoms with Crippen molar-refractivity contribution >= 4 is 44.8 Å². The van der Waals surface area contributed by atoms with E-state index in [0.29, 0.717) is 11.5 Å². The van der Waals surface area contributed by atoms with Gasteiger partial charge >= 0.3 is 0 Å². The van der Waals surface area contributed by atoms with Gasteiger partial charge in [0.05, 0.1) is 19.6 Å². The molecule has 6 nitrogen and oxygen atoms in total. The fourth-order valence-electron chi connectivity index (χ4n) is 2.98. The summed E-state index contributed by atoms with van der Waals surface area (Å²) >= 11 is 2.70. The first-order valence-electron chi connectivity index (χ1n) is 8.61. The van der Waals surface area contributed by atoms with E-state index in [0.717, 1.165) is 49.5 Å². The Morgan fingerprint density at radius 1 is 1.03 bits per heavy atom. The topological polar surface area (TPSA) is 80.1 Å². The van der Waals surface area contributed by atoms with Crippen molar-refractivity contribution in [1.82, 2.24) is 9.97 Å². The van der Waals surface area contributed by atoms with Crippen molar-refractivity contribution in [2.45, 2.75) is 4.90 Å². The largest absolute Gasteiger partial charge is 0.493 e. The zero-order chi connectivity index (χ0) is 20.2. The number of ether oxygens (including phenoxy) is 2. The molecule has 0 bridgehead atoms. The van der Waals surface area contributed by atoms with E-state index in [4.69, 9.17) is 14.7 Å². The molecule has 29 heavy (non-hydrogen) atoms. The molecule has 0 saturated carbocycles. The quantitative estimate of drug-likeness (QED) is 0.317. The van der Waals surface area contributed by atoms with E-state index in [-0.39, 0.29) is 0 Å². The standard InChI is InChI=1S/C21H16N4O2S2/c1-26-17-8-3-13(9-18(17)27-2)16-10-28-21-19(16)20(23-12-24-21)25-14-4-6-15(7-5-14)29-11-22/h3-10,12H,1-2H3,(H,23,24,25). The van der Waals surface area contributed by atoms with E-state index in [1.54, 1.807) is 31.9 Å². The van der Waals surface area contributed by atoms with Crippen LogP contribution >= 0.6 is 23.1 Å². The summed E-state index contributed by atoms with van der Waals surface area (Å²) in [4.78, 5) is 10.7. The van der Waals surface area contributed by atoms with Crippen molar-refractivity contribution in [1.29, 1.82) is 5.26 Å². The van der Waals surface area contributed by atoms with Crippen molar-refractivity contribution in [2.24, 2.45) is 0 Å². The number of rotatable bonds is 6. The Labute approximate surface area is 176 Å². The molecule has 4 aromatic rings. The number of thiocyanates is 1. The van der Waals surface area contributed by atoms with Gasteiger partial charge in [0, 0.05) is 21.5 Å². The van der Waals surface area contributed by atoms with Gasteiger partial charge in [-0.2, -0.15) is 5.26 Å². The second-order valence-corrected chi connectivity index (χ2v) is 7.68. The summed E-state index contributed by atoms with van der Waals surface area (Å²) in [5, 5.41) is 17.3. The van der Waals surface area contributed by atoms with Gasteiger partial charge in [0.15, 0.2) is 11.5 Å². The van der Waals surface area contributed by atoms with E-state index in [1.807, 2.05) is 42.5 Å². The van der Waals surface area contributed by atoms with Crippen LogP contribution in [0.2, 0.25) is 0 Å². The number of nitrogens with zero attached hydrogens (tertiary/aromatic N) is 3. The van der Waals surface area contributed by atoms with Crippen LogP contribution in [0.1, 0.15) is 0 Å². The fraction of sp³-hybridized carbons (Fsp3) is 0.0952. The molecule has 2 aromatic heterocycles. The molecule has 0 aliphatic carbocycles. The van der Waals surface area contributed by atoms with E-state index < -0.39 is 0 Å². The van der Waals surface area contributed by atoms with Crippen molar-refractivity contribution < 1.29 is 9.47 Å². The lowest BCUT2D eigenvalue weighted by molar-refractivity contribution is 0.355. The Balaban J connectivity index is 1.75. The highest BCUT2D eigenvalue weighted by Gasteiger charge is 2.15. The normalized spacial score (nSPS) is 10.5. The van der Waals surface area contributed by atoms with Crippen LogP contribution in [0.15, 0.2) is 59.1 Å². The predicted octanol–water partition coefficient (Wildman–Crippen LogP) is 5.69. The number of methoxy groups -OCH3 is 2. The first-order valence-corrected chi connectivity index (χ1v) is 10.3. The molecular weight excluding hydrogens is 404 g/mol. The zero-order valence-electron chi connectivity index (χ0n) is 15.7. The lowest BCUT2D eigenvalue weighted by atomic mass is 10.1. The first kappa shape index (κ1) is 19.1. The summed E-state index contributed by atoms with van der Waals surface area (Å²) < 4.78 is 10.8. The number of fused-ring (bicyclic) bond motifs is 1. The highest BCUT2D eigenvalue weighted by molar-refractivity contribution is 8.03. The molecule has 0 spiro atoms. The number of aromatic nitrogens is 2. The molecule has 1 N–H and O–H groups in total. The number of hydrogen-bond donors (Lipinski definition) is 1. The number of nitriles is 1. The zero-order valence-corrected chi connectivity index (χ0v) is 17.3. The second kappa shape index (κ2) is 8.39. The van der Waals surface area contributed by atoms with Gasteiger partial charge < -0.3 is 14.8 Å². The Morgan fingerprint density at radius 2 is 1.83 bits per heavy atom. The van der Waals surface area contributed by atoms with Gasteiger partial charge in [-0.25, -0.2) is 9.97 Å². The van der Waals surface area contributed by atoms with Gasteiger partial charge in [0.1, 0.15) is 22.4 Å². The monoisotopic (exact) mass is 420 g/mol. The van der Waals surface area contributed by atoms with E-state index in [2.05, 4.69) is 26.1 Å². The molecule has 0 atom stereocenters. The minimum Gasteiger partial charge on any atom is -0.493 e. The molecule has 0 unspecified atom stereocenters. The van der Waals surface area contributed by atoms with Crippen LogP contribution in [0.5, 0.6) is 11.5 Å². The smallest absolute Gasteiger partial charge is 0.161 e. The number of thiophene rings is 1. The van der Waals surface area contributed by atoms with Crippen LogP contribution in [0.4, 0.5) is 11.5 Å². The molecule has 0 radical (unpaired) electrons. The summed E-state index contributed by atoms with van der Waals surface area (Å²) in [6.07, 6.45) is 1.56. The van der Waals surface area contributed by atoms with E-state index >= 15 is 0 Å². The van der Waals surface area contributed by atoms with Crippen molar-refractivity contribution in [3.8, 4) is 28.0 Å². The van der Waals surface area contributed by atoms with E-state index in [1.165, 1.54) is 0 Å². The summed E-state index contributed by atoms with van der Waals surface area (Å²) in [6, 6.07) is 13.5. The molecule has 8 heteroatoms. The van der Waals surface area contributed by atoms with Crippen LogP contribution in [0.25, 0.3) is 21.3 Å². The number of nitrogens with one attached hydrogen (secondary N) is 1. The molecular formula is C21H16N4O2S2. The minimum absolute atomic E-state index is 0.668. The van der Waals surface area contributed by atoms with Crippen LogP contribution in [0, 0.1) is 10.7 Å². The third-order valence-corrected chi connectivity index (χ3v) is 5.83. The summed E-state index contributed by atoms with van der Waals surface area (Å²) in [7, 11) is 3.24. The summed E-state index contributed by atoms with van der Waals surface area (Å²) in [5.41, 5.74) is 2.90. The SMILES string of the molecule is COc1ccc(-c2csc3ncnc(Nc4ccc(SC#N)cc4)c23)cc1OC. The number of benzene rings is 2. The molecule has 0 fully saturated rings. The van der Waals surface area contributed by atoms with Gasteiger partial charge in [0.2, 0.25) is 0 Å².